The summed E-state index contributed by atoms with van der Waals surface area (Å²) in [5, 5.41) is 7.56. The number of nitrogens with one attached hydrogen (secondary N) is 4. The molecule has 1 aliphatic carbocycles. The zero-order valence-electron chi connectivity index (χ0n) is 33.4. The van der Waals surface area contributed by atoms with Crippen LogP contribution in [0.3, 0.4) is 0 Å². The maximum absolute atomic E-state index is 13.6. The highest BCUT2D eigenvalue weighted by molar-refractivity contribution is 7.25. The van der Waals surface area contributed by atoms with Crippen molar-refractivity contribution in [1.29, 1.82) is 0 Å². The average Bonchev–Trinajstić information content (AvgIpc) is 4.09. The topological polar surface area (TPSA) is 175 Å². The SMILES string of the molecule is CCCN(C(=O)[C@H](C)NC(=O)OC)[C@@H](C)c1ncc(-c2ccc3c(c2)sc2cc(-c4ccc5nc([C@@H]6[C@H]7CC[C@H](C7)N6C(=O)[C@H](C)NC(=O)OC)[nH]c5c4)ccc23)[nH]1. The van der Waals surface area contributed by atoms with Gasteiger partial charge in [-0.3, -0.25) is 9.59 Å². The standard InChI is InChI=1S/C43H48N8O6S/c1-7-16-50(40(52)22(2)45-42(54)56-5)24(4)38-44-21-34(49-38)27-10-14-31-30-13-9-26(19-35(30)58-36(31)20-27)25-11-15-32-33(18-25)48-39(47-32)37-28-8-12-29(17-28)51(37)41(53)23(3)46-43(55)57-6/h9-11,13-15,18-24,28-29,37H,7-8,12,16-17H2,1-6H3,(H,44,49)(H,45,54)(H,46,55)(H,47,48)/t22-,23-,24-,28-,29+,37-/m0/s1. The molecule has 6 aromatic rings. The van der Waals surface area contributed by atoms with Crippen molar-refractivity contribution in [1.82, 2.24) is 40.4 Å². The number of ether oxygens (including phenoxy) is 2. The fourth-order valence-electron chi connectivity index (χ4n) is 8.78. The molecule has 8 rings (SSSR count). The predicted octanol–water partition coefficient (Wildman–Crippen LogP) is 7.83. The van der Waals surface area contributed by atoms with E-state index in [1.807, 2.05) is 24.8 Å². The molecule has 0 unspecified atom stereocenters. The van der Waals surface area contributed by atoms with Crippen molar-refractivity contribution < 1.29 is 28.7 Å². The van der Waals surface area contributed by atoms with Crippen LogP contribution in [0.25, 0.3) is 53.6 Å². The van der Waals surface area contributed by atoms with Crippen LogP contribution in [-0.4, -0.2) is 92.6 Å². The van der Waals surface area contributed by atoms with Crippen molar-refractivity contribution in [2.45, 2.75) is 83.6 Å². The van der Waals surface area contributed by atoms with Gasteiger partial charge in [0.1, 0.15) is 23.7 Å². The van der Waals surface area contributed by atoms with E-state index < -0.39 is 24.3 Å². The second kappa shape index (κ2) is 15.8. The largest absolute Gasteiger partial charge is 0.453 e. The Labute approximate surface area is 339 Å². The summed E-state index contributed by atoms with van der Waals surface area (Å²) in [5.41, 5.74) is 5.74. The summed E-state index contributed by atoms with van der Waals surface area (Å²) in [6.45, 7) is 7.79. The van der Waals surface area contributed by atoms with Crippen LogP contribution in [0.4, 0.5) is 9.59 Å². The zero-order chi connectivity index (χ0) is 40.8. The minimum atomic E-state index is -0.747. The Morgan fingerprint density at radius 3 is 2.24 bits per heavy atom. The van der Waals surface area contributed by atoms with Crippen LogP contribution < -0.4 is 10.6 Å². The highest BCUT2D eigenvalue weighted by Gasteiger charge is 2.50. The number of amides is 4. The molecule has 3 aromatic heterocycles. The van der Waals surface area contributed by atoms with Gasteiger partial charge in [-0.05, 0) is 87.8 Å². The highest BCUT2D eigenvalue weighted by Crippen LogP contribution is 2.50. The predicted molar refractivity (Wildman–Crippen MR) is 223 cm³/mol. The fraction of sp³-hybridized carbons (Fsp3) is 0.395. The number of likely N-dealkylation sites (tertiary alicyclic amines) is 1. The van der Waals surface area contributed by atoms with Crippen LogP contribution in [0.2, 0.25) is 0 Å². The molecule has 4 heterocycles. The number of piperidine rings is 1. The molecule has 2 aliphatic rings. The summed E-state index contributed by atoms with van der Waals surface area (Å²) in [6, 6.07) is 17.4. The molecule has 0 radical (unpaired) electrons. The van der Waals surface area contributed by atoms with Crippen LogP contribution in [0.5, 0.6) is 0 Å². The normalized spacial score (nSPS) is 19.0. The first-order valence-electron chi connectivity index (χ1n) is 19.8. The maximum atomic E-state index is 13.6. The third-order valence-electron chi connectivity index (χ3n) is 11.7. The molecule has 58 heavy (non-hydrogen) atoms. The lowest BCUT2D eigenvalue weighted by atomic mass is 9.97. The number of benzene rings is 3. The lowest BCUT2D eigenvalue weighted by Crippen LogP contribution is -2.50. The molecule has 2 bridgehead atoms. The molecule has 0 spiro atoms. The van der Waals surface area contributed by atoms with Gasteiger partial charge in [-0.2, -0.15) is 0 Å². The van der Waals surface area contributed by atoms with Crippen molar-refractivity contribution in [3.05, 3.63) is 72.4 Å². The van der Waals surface area contributed by atoms with Crippen LogP contribution >= 0.6 is 11.3 Å². The first-order valence-corrected chi connectivity index (χ1v) is 20.6. The first kappa shape index (κ1) is 38.9. The minimum absolute atomic E-state index is 0.124. The monoisotopic (exact) mass is 804 g/mol. The van der Waals surface area contributed by atoms with Crippen LogP contribution in [0.15, 0.2) is 60.8 Å². The van der Waals surface area contributed by atoms with E-state index in [4.69, 9.17) is 9.72 Å². The average molecular weight is 805 g/mol. The summed E-state index contributed by atoms with van der Waals surface area (Å²) in [5.74, 6) is 1.42. The van der Waals surface area contributed by atoms with Gasteiger partial charge in [0.05, 0.1) is 49.2 Å². The smallest absolute Gasteiger partial charge is 0.407 e. The number of rotatable bonds is 11. The maximum Gasteiger partial charge on any atom is 0.407 e. The summed E-state index contributed by atoms with van der Waals surface area (Å²) in [6.07, 6.45) is 4.20. The van der Waals surface area contributed by atoms with E-state index in [0.29, 0.717) is 18.3 Å². The molecule has 1 saturated heterocycles. The van der Waals surface area contributed by atoms with Crippen molar-refractivity contribution in [3.63, 3.8) is 0 Å². The van der Waals surface area contributed by atoms with E-state index in [2.05, 4.69) is 78.9 Å². The molecule has 14 nitrogen and oxygen atoms in total. The Morgan fingerprint density at radius 2 is 1.53 bits per heavy atom. The Morgan fingerprint density at radius 1 is 0.879 bits per heavy atom. The Kier molecular flexibility index (Phi) is 10.6. The van der Waals surface area contributed by atoms with Crippen molar-refractivity contribution in [3.8, 4) is 22.4 Å². The Balaban J connectivity index is 1.02. The number of carbonyl (C=O) groups excluding carboxylic acids is 4. The number of methoxy groups -OCH3 is 2. The van der Waals surface area contributed by atoms with Crippen LogP contribution in [0.1, 0.15) is 77.1 Å². The van der Waals surface area contributed by atoms with Gasteiger partial charge in [0, 0.05) is 38.3 Å². The van der Waals surface area contributed by atoms with Gasteiger partial charge < -0.3 is 39.9 Å². The Hall–Kier alpha value is -5.96. The van der Waals surface area contributed by atoms with Crippen molar-refractivity contribution >= 4 is 66.5 Å². The minimum Gasteiger partial charge on any atom is -0.453 e. The van der Waals surface area contributed by atoms with E-state index in [1.54, 1.807) is 36.3 Å². The van der Waals surface area contributed by atoms with E-state index in [1.165, 1.54) is 29.7 Å². The zero-order valence-corrected chi connectivity index (χ0v) is 34.2. The van der Waals surface area contributed by atoms with Gasteiger partial charge in [0.25, 0.3) is 0 Å². The number of imidazole rings is 2. The molecule has 3 aromatic carbocycles. The molecule has 302 valence electrons. The number of carbonyl (C=O) groups is 4. The summed E-state index contributed by atoms with van der Waals surface area (Å²) >= 11 is 1.74. The van der Waals surface area contributed by atoms with Crippen molar-refractivity contribution in [2.24, 2.45) is 5.92 Å². The van der Waals surface area contributed by atoms with Gasteiger partial charge in [0.2, 0.25) is 11.8 Å². The molecule has 4 N–H and O–H groups in total. The Bertz CT molecular complexity index is 2540. The number of thiophene rings is 1. The van der Waals surface area contributed by atoms with Gasteiger partial charge >= 0.3 is 12.2 Å². The third-order valence-corrected chi connectivity index (χ3v) is 12.8. The number of fused-ring (bicyclic) bond motifs is 6. The van der Waals surface area contributed by atoms with Gasteiger partial charge in [-0.15, -0.1) is 11.3 Å². The fourth-order valence-corrected chi connectivity index (χ4v) is 9.96. The molecule has 1 aliphatic heterocycles. The van der Waals surface area contributed by atoms with Crippen LogP contribution in [-0.2, 0) is 19.1 Å². The van der Waals surface area contributed by atoms with E-state index in [9.17, 15) is 19.2 Å². The molecular formula is C43H48N8O6S. The van der Waals surface area contributed by atoms with E-state index in [-0.39, 0.29) is 29.9 Å². The van der Waals surface area contributed by atoms with Crippen LogP contribution in [0, 0.1) is 5.92 Å². The number of hydrogen-bond acceptors (Lipinski definition) is 9. The van der Waals surface area contributed by atoms with Gasteiger partial charge in [0.15, 0.2) is 0 Å². The molecule has 4 amide bonds. The number of alkyl carbamates (subject to hydrolysis) is 2. The molecule has 2 fully saturated rings. The first-order chi connectivity index (χ1) is 28.0. The van der Waals surface area contributed by atoms with E-state index in [0.717, 1.165) is 69.6 Å². The van der Waals surface area contributed by atoms with Gasteiger partial charge in [-0.25, -0.2) is 19.6 Å². The third kappa shape index (κ3) is 7.12. The van der Waals surface area contributed by atoms with Crippen molar-refractivity contribution in [2.75, 3.05) is 20.8 Å². The second-order valence-electron chi connectivity index (χ2n) is 15.4. The number of hydrogen-bond donors (Lipinski definition) is 4. The lowest BCUT2D eigenvalue weighted by Gasteiger charge is -2.35. The molecule has 15 heteroatoms. The molecule has 6 atom stereocenters. The molecular weight excluding hydrogens is 757 g/mol. The number of H-pyrrole nitrogens is 2. The highest BCUT2D eigenvalue weighted by atomic mass is 32.1. The van der Waals surface area contributed by atoms with E-state index >= 15 is 0 Å². The number of nitrogens with zero attached hydrogens (tertiary/aromatic N) is 4. The summed E-state index contributed by atoms with van der Waals surface area (Å²) in [4.78, 5) is 70.9. The second-order valence-corrected chi connectivity index (χ2v) is 16.5. The number of aromatic nitrogens is 4. The number of aromatic amines is 2. The summed E-state index contributed by atoms with van der Waals surface area (Å²) < 4.78 is 11.7. The van der Waals surface area contributed by atoms with Gasteiger partial charge in [-0.1, -0.05) is 37.3 Å². The summed E-state index contributed by atoms with van der Waals surface area (Å²) in [7, 11) is 2.56. The molecule has 1 saturated carbocycles. The quantitative estimate of drug-likeness (QED) is 0.103. The lowest BCUT2D eigenvalue weighted by molar-refractivity contribution is -0.137.